The summed E-state index contributed by atoms with van der Waals surface area (Å²) in [7, 11) is 3.27. The van der Waals surface area contributed by atoms with Crippen molar-refractivity contribution in [3.8, 4) is 17.2 Å². The van der Waals surface area contributed by atoms with E-state index in [1.54, 1.807) is 20.3 Å². The second-order valence-electron chi connectivity index (χ2n) is 5.94. The van der Waals surface area contributed by atoms with Crippen molar-refractivity contribution < 1.29 is 14.6 Å². The molecule has 24 heavy (non-hydrogen) atoms. The topological polar surface area (TPSA) is 54.0 Å². The minimum Gasteiger partial charge on any atom is -0.504 e. The number of benzene rings is 2. The van der Waals surface area contributed by atoms with Crippen molar-refractivity contribution in [2.24, 2.45) is 0 Å². The number of hydrogen-bond donors (Lipinski definition) is 2. The van der Waals surface area contributed by atoms with E-state index in [2.05, 4.69) is 16.3 Å². The first-order chi connectivity index (χ1) is 11.7. The van der Waals surface area contributed by atoms with Gasteiger partial charge in [0.05, 0.1) is 20.3 Å². The molecule has 1 heterocycles. The zero-order valence-corrected chi connectivity index (χ0v) is 14.2. The fourth-order valence-electron chi connectivity index (χ4n) is 3.25. The van der Waals surface area contributed by atoms with Gasteiger partial charge in [0.1, 0.15) is 5.75 Å². The monoisotopic (exact) mass is 328 g/mol. The van der Waals surface area contributed by atoms with Gasteiger partial charge in [0.2, 0.25) is 0 Å². The van der Waals surface area contributed by atoms with Crippen molar-refractivity contribution in [3.05, 3.63) is 53.6 Å². The summed E-state index contributed by atoms with van der Waals surface area (Å²) in [5.74, 6) is 1.59. The van der Waals surface area contributed by atoms with Crippen LogP contribution < -0.4 is 14.8 Å². The number of hydrogen-bond acceptors (Lipinski definition) is 5. The van der Waals surface area contributed by atoms with E-state index in [4.69, 9.17) is 9.47 Å². The summed E-state index contributed by atoms with van der Waals surface area (Å²) in [5, 5.41) is 13.5. The molecule has 1 unspecified atom stereocenters. The molecule has 1 atom stereocenters. The molecule has 1 aliphatic rings. The lowest BCUT2D eigenvalue weighted by Crippen LogP contribution is -2.45. The standard InChI is InChI=1S/C19H24N2O3/c1-23-18-6-4-3-5-15(18)16-12-20-9-10-21(16)13-14-7-8-19(24-2)17(22)11-14/h3-8,11,16,20,22H,9-10,12-13H2,1-2H3. The van der Waals surface area contributed by atoms with E-state index in [9.17, 15) is 5.11 Å². The lowest BCUT2D eigenvalue weighted by Gasteiger charge is -2.37. The highest BCUT2D eigenvalue weighted by Gasteiger charge is 2.26. The third-order valence-electron chi connectivity index (χ3n) is 4.48. The number of ether oxygens (including phenoxy) is 2. The summed E-state index contributed by atoms with van der Waals surface area (Å²) >= 11 is 0. The van der Waals surface area contributed by atoms with Crippen LogP contribution in [-0.4, -0.2) is 43.9 Å². The Bertz CT molecular complexity index is 690. The first-order valence-electron chi connectivity index (χ1n) is 8.16. The molecule has 0 bridgehead atoms. The molecule has 2 aromatic carbocycles. The summed E-state index contributed by atoms with van der Waals surface area (Å²) < 4.78 is 10.7. The number of rotatable bonds is 5. The van der Waals surface area contributed by atoms with Crippen LogP contribution in [0.5, 0.6) is 17.2 Å². The van der Waals surface area contributed by atoms with Crippen LogP contribution in [0.25, 0.3) is 0 Å². The quantitative estimate of drug-likeness (QED) is 0.883. The summed E-state index contributed by atoms with van der Waals surface area (Å²) in [5.41, 5.74) is 2.25. The normalized spacial score (nSPS) is 18.3. The number of phenols is 1. The van der Waals surface area contributed by atoms with E-state index in [1.807, 2.05) is 30.3 Å². The van der Waals surface area contributed by atoms with Crippen LogP contribution in [0.2, 0.25) is 0 Å². The lowest BCUT2D eigenvalue weighted by atomic mass is 10.0. The van der Waals surface area contributed by atoms with Crippen molar-refractivity contribution in [1.82, 2.24) is 10.2 Å². The van der Waals surface area contributed by atoms with Gasteiger partial charge >= 0.3 is 0 Å². The summed E-state index contributed by atoms with van der Waals surface area (Å²) in [4.78, 5) is 2.41. The number of nitrogens with one attached hydrogen (secondary N) is 1. The Balaban J connectivity index is 1.83. The third-order valence-corrected chi connectivity index (χ3v) is 4.48. The maximum absolute atomic E-state index is 10.0. The number of methoxy groups -OCH3 is 2. The predicted octanol–water partition coefficient (Wildman–Crippen LogP) is 2.56. The molecular formula is C19H24N2O3. The molecule has 5 heteroatoms. The summed E-state index contributed by atoms with van der Waals surface area (Å²) in [6.07, 6.45) is 0. The van der Waals surface area contributed by atoms with Gasteiger partial charge in [-0.1, -0.05) is 24.3 Å². The van der Waals surface area contributed by atoms with Gasteiger partial charge in [-0.05, 0) is 23.8 Å². The van der Waals surface area contributed by atoms with Crippen molar-refractivity contribution in [2.45, 2.75) is 12.6 Å². The minimum atomic E-state index is 0.180. The highest BCUT2D eigenvalue weighted by atomic mass is 16.5. The second-order valence-corrected chi connectivity index (χ2v) is 5.94. The van der Waals surface area contributed by atoms with Crippen LogP contribution in [0.3, 0.4) is 0 Å². The zero-order chi connectivity index (χ0) is 16.9. The van der Waals surface area contributed by atoms with E-state index in [0.29, 0.717) is 5.75 Å². The summed E-state index contributed by atoms with van der Waals surface area (Å²) in [6, 6.07) is 14.0. The molecule has 0 saturated carbocycles. The van der Waals surface area contributed by atoms with Crippen molar-refractivity contribution in [1.29, 1.82) is 0 Å². The Kier molecular flexibility index (Phi) is 5.23. The van der Waals surface area contributed by atoms with Gasteiger partial charge < -0.3 is 19.9 Å². The molecule has 1 aliphatic heterocycles. The molecule has 1 saturated heterocycles. The van der Waals surface area contributed by atoms with Gasteiger partial charge in [0.25, 0.3) is 0 Å². The van der Waals surface area contributed by atoms with Gasteiger partial charge in [-0.25, -0.2) is 0 Å². The Morgan fingerprint density at radius 1 is 1.12 bits per heavy atom. The molecule has 2 N–H and O–H groups in total. The van der Waals surface area contributed by atoms with Crippen LogP contribution in [0.1, 0.15) is 17.2 Å². The first-order valence-corrected chi connectivity index (χ1v) is 8.16. The van der Waals surface area contributed by atoms with Crippen molar-refractivity contribution in [3.63, 3.8) is 0 Å². The molecule has 128 valence electrons. The van der Waals surface area contributed by atoms with E-state index < -0.39 is 0 Å². The number of nitrogens with zero attached hydrogens (tertiary/aromatic N) is 1. The predicted molar refractivity (Wildman–Crippen MR) is 93.7 cm³/mol. The third kappa shape index (κ3) is 3.47. The fraction of sp³-hybridized carbons (Fsp3) is 0.368. The average molecular weight is 328 g/mol. The maximum Gasteiger partial charge on any atom is 0.160 e. The molecule has 1 fully saturated rings. The van der Waals surface area contributed by atoms with E-state index >= 15 is 0 Å². The van der Waals surface area contributed by atoms with Crippen LogP contribution in [0.15, 0.2) is 42.5 Å². The smallest absolute Gasteiger partial charge is 0.160 e. The Hall–Kier alpha value is -2.24. The maximum atomic E-state index is 10.0. The Labute approximate surface area is 142 Å². The van der Waals surface area contributed by atoms with Gasteiger partial charge in [-0.15, -0.1) is 0 Å². The molecule has 0 aromatic heterocycles. The molecule has 0 amide bonds. The van der Waals surface area contributed by atoms with Crippen LogP contribution in [-0.2, 0) is 6.54 Å². The van der Waals surface area contributed by atoms with Gasteiger partial charge in [0.15, 0.2) is 11.5 Å². The number of aromatic hydroxyl groups is 1. The zero-order valence-electron chi connectivity index (χ0n) is 14.2. The van der Waals surface area contributed by atoms with Crippen LogP contribution in [0.4, 0.5) is 0 Å². The Morgan fingerprint density at radius 2 is 1.92 bits per heavy atom. The fourth-order valence-corrected chi connectivity index (χ4v) is 3.25. The molecule has 0 radical (unpaired) electrons. The second kappa shape index (κ2) is 7.55. The largest absolute Gasteiger partial charge is 0.504 e. The van der Waals surface area contributed by atoms with Crippen molar-refractivity contribution >= 4 is 0 Å². The lowest BCUT2D eigenvalue weighted by molar-refractivity contribution is 0.151. The van der Waals surface area contributed by atoms with Crippen LogP contribution >= 0.6 is 0 Å². The van der Waals surface area contributed by atoms with Gasteiger partial charge in [-0.2, -0.15) is 0 Å². The molecule has 0 aliphatic carbocycles. The van der Waals surface area contributed by atoms with E-state index in [-0.39, 0.29) is 11.8 Å². The van der Waals surface area contributed by atoms with E-state index in [0.717, 1.165) is 37.5 Å². The highest BCUT2D eigenvalue weighted by Crippen LogP contribution is 2.32. The van der Waals surface area contributed by atoms with Crippen molar-refractivity contribution in [2.75, 3.05) is 33.9 Å². The Morgan fingerprint density at radius 3 is 2.67 bits per heavy atom. The van der Waals surface area contributed by atoms with Crippen LogP contribution in [0, 0.1) is 0 Å². The van der Waals surface area contributed by atoms with E-state index in [1.165, 1.54) is 5.56 Å². The molecule has 2 aromatic rings. The summed E-state index contributed by atoms with van der Waals surface area (Å²) in [6.45, 7) is 3.54. The average Bonchev–Trinajstić information content (AvgIpc) is 2.62. The van der Waals surface area contributed by atoms with Gasteiger partial charge in [0, 0.05) is 31.7 Å². The highest BCUT2D eigenvalue weighted by molar-refractivity contribution is 5.42. The SMILES string of the molecule is COc1ccc(CN2CCNCC2c2ccccc2OC)cc1O. The molecule has 3 rings (SSSR count). The number of para-hydroxylation sites is 1. The first kappa shape index (κ1) is 16.6. The molecular weight excluding hydrogens is 304 g/mol. The van der Waals surface area contributed by atoms with Gasteiger partial charge in [-0.3, -0.25) is 4.90 Å². The number of phenolic OH excluding ortho intramolecular Hbond substituents is 1. The molecule has 5 nitrogen and oxygen atoms in total. The molecule has 0 spiro atoms. The minimum absolute atomic E-state index is 0.180. The number of piperazine rings is 1.